The number of nitrogens with two attached hydrogens (primary N) is 1. The highest BCUT2D eigenvalue weighted by molar-refractivity contribution is 7.40. The average Bonchev–Trinajstić information content (AvgIpc) is 2.75. The predicted octanol–water partition coefficient (Wildman–Crippen LogP) is 0.272. The molecule has 12 nitrogen and oxygen atoms in total. The number of aromatic nitrogens is 4. The van der Waals surface area contributed by atoms with Crippen LogP contribution < -0.4 is 21.9 Å². The van der Waals surface area contributed by atoms with Crippen molar-refractivity contribution >= 4 is 49.4 Å². The number of carbonyl (C=O) groups is 3. The Morgan fingerprint density at radius 3 is 2.56 bits per heavy atom. The van der Waals surface area contributed by atoms with Crippen LogP contribution in [0.15, 0.2) is 35.3 Å². The summed E-state index contributed by atoms with van der Waals surface area (Å²) in [6.45, 7) is 0.252. The normalized spacial score (nSPS) is 11.7. The van der Waals surface area contributed by atoms with Crippen molar-refractivity contribution in [3.05, 3.63) is 52.1 Å². The number of benzene rings is 1. The molecule has 0 aliphatic heterocycles. The number of hydrogen-bond donors (Lipinski definition) is 5. The van der Waals surface area contributed by atoms with Gasteiger partial charge >= 0.3 is 5.97 Å². The zero-order valence-corrected chi connectivity index (χ0v) is 17.8. The first-order valence-corrected chi connectivity index (χ1v) is 9.98. The predicted molar refractivity (Wildman–Crippen MR) is 119 cm³/mol. The van der Waals surface area contributed by atoms with Crippen LogP contribution in [0.2, 0.25) is 0 Å². The van der Waals surface area contributed by atoms with Crippen molar-refractivity contribution in [1.29, 1.82) is 0 Å². The number of aliphatic carboxylic acids is 1. The van der Waals surface area contributed by atoms with Crippen LogP contribution in [0.3, 0.4) is 0 Å². The molecule has 1 unspecified atom stereocenters. The maximum Gasteiger partial charge on any atom is 0.326 e. The Bertz CT molecular complexity index is 1230. The van der Waals surface area contributed by atoms with E-state index in [9.17, 15) is 24.3 Å². The van der Waals surface area contributed by atoms with Crippen molar-refractivity contribution in [1.82, 2.24) is 25.3 Å². The molecule has 0 aliphatic rings. The third kappa shape index (κ3) is 5.82. The molecule has 2 aromatic heterocycles. The zero-order valence-electron chi connectivity index (χ0n) is 16.7. The minimum atomic E-state index is -1.21. The van der Waals surface area contributed by atoms with E-state index < -0.39 is 23.5 Å². The topological polar surface area (TPSA) is 193 Å². The van der Waals surface area contributed by atoms with Crippen molar-refractivity contribution in [2.24, 2.45) is 0 Å². The standard InChI is InChI=1S/C19H20N7O5P/c20-19-25-15-14(17(29)26-19)23-11(8-22-15)7-21-10-3-1-9(2-4-10)16(28)24-12(18(30)31)5-6-13(27)32/h1-4,8,12,21H,5-7,32H2,(H,24,28)(H,30,31)(H3,20,22,25,26,29)/t12-/m0/s1. The molecule has 13 heteroatoms. The molecule has 2 heterocycles. The van der Waals surface area contributed by atoms with Gasteiger partial charge in [-0.25, -0.2) is 14.8 Å². The number of nitrogen functional groups attached to an aromatic ring is 1. The number of anilines is 2. The third-order valence-electron chi connectivity index (χ3n) is 4.39. The number of carboxylic acids is 1. The average molecular weight is 457 g/mol. The summed E-state index contributed by atoms with van der Waals surface area (Å²) >= 11 is 0. The van der Waals surface area contributed by atoms with Gasteiger partial charge < -0.3 is 21.5 Å². The largest absolute Gasteiger partial charge is 0.480 e. The van der Waals surface area contributed by atoms with E-state index in [4.69, 9.17) is 5.73 Å². The lowest BCUT2D eigenvalue weighted by Gasteiger charge is -2.14. The fourth-order valence-electron chi connectivity index (χ4n) is 2.77. The molecule has 166 valence electrons. The van der Waals surface area contributed by atoms with Gasteiger partial charge in [0.15, 0.2) is 11.2 Å². The summed E-state index contributed by atoms with van der Waals surface area (Å²) < 4.78 is 0. The quantitative estimate of drug-likeness (QED) is 0.278. The van der Waals surface area contributed by atoms with Gasteiger partial charge in [0.1, 0.15) is 11.6 Å². The number of H-pyrrole nitrogens is 1. The summed E-state index contributed by atoms with van der Waals surface area (Å²) in [5, 5.41) is 14.7. The van der Waals surface area contributed by atoms with Crippen LogP contribution in [-0.4, -0.2) is 48.5 Å². The molecule has 0 spiro atoms. The number of aromatic amines is 1. The maximum atomic E-state index is 12.3. The Morgan fingerprint density at radius 1 is 1.19 bits per heavy atom. The lowest BCUT2D eigenvalue weighted by Crippen LogP contribution is -2.40. The van der Waals surface area contributed by atoms with Gasteiger partial charge in [0, 0.05) is 17.7 Å². The van der Waals surface area contributed by atoms with Gasteiger partial charge in [0.2, 0.25) is 5.95 Å². The number of fused-ring (bicyclic) bond motifs is 1. The molecule has 3 aromatic rings. The Kier molecular flexibility index (Phi) is 7.06. The number of nitrogens with zero attached hydrogens (tertiary/aromatic N) is 3. The Balaban J connectivity index is 1.62. The molecule has 2 atom stereocenters. The number of amides is 1. The molecule has 3 rings (SSSR count). The van der Waals surface area contributed by atoms with Crippen LogP contribution in [0, 0.1) is 0 Å². The summed E-state index contributed by atoms with van der Waals surface area (Å²) in [6, 6.07) is 5.17. The lowest BCUT2D eigenvalue weighted by atomic mass is 10.1. The van der Waals surface area contributed by atoms with Crippen LogP contribution in [0.25, 0.3) is 11.2 Å². The maximum absolute atomic E-state index is 12.3. The molecule has 0 bridgehead atoms. The number of nitrogens with one attached hydrogen (secondary N) is 3. The van der Waals surface area contributed by atoms with Gasteiger partial charge in [-0.05, 0) is 30.7 Å². The van der Waals surface area contributed by atoms with Crippen molar-refractivity contribution < 1.29 is 19.5 Å². The fraction of sp³-hybridized carbons (Fsp3) is 0.211. The van der Waals surface area contributed by atoms with E-state index >= 15 is 0 Å². The van der Waals surface area contributed by atoms with Gasteiger partial charge in [0.05, 0.1) is 18.4 Å². The summed E-state index contributed by atoms with van der Waals surface area (Å²) in [6.07, 6.45) is 1.49. The second kappa shape index (κ2) is 9.92. The van der Waals surface area contributed by atoms with Crippen molar-refractivity contribution in [3.8, 4) is 0 Å². The number of carbonyl (C=O) groups excluding carboxylic acids is 2. The SMILES string of the molecule is Nc1nc2ncc(CNc3ccc(C(=O)N[C@@H](CCC(=O)P)C(=O)O)cc3)nc2c(=O)[nH]1. The highest BCUT2D eigenvalue weighted by atomic mass is 31.0. The Hall–Kier alpha value is -3.92. The van der Waals surface area contributed by atoms with E-state index in [2.05, 4.69) is 30.6 Å². The zero-order chi connectivity index (χ0) is 23.3. The smallest absolute Gasteiger partial charge is 0.326 e. The molecule has 32 heavy (non-hydrogen) atoms. The molecule has 1 amide bonds. The Morgan fingerprint density at radius 2 is 1.91 bits per heavy atom. The van der Waals surface area contributed by atoms with Crippen molar-refractivity contribution in [3.63, 3.8) is 0 Å². The number of hydrogen-bond acceptors (Lipinski definition) is 9. The second-order valence-electron chi connectivity index (χ2n) is 6.78. The molecule has 0 radical (unpaired) electrons. The van der Waals surface area contributed by atoms with Crippen molar-refractivity contribution in [2.45, 2.75) is 25.4 Å². The van der Waals surface area contributed by atoms with Crippen LogP contribution in [0.1, 0.15) is 28.9 Å². The van der Waals surface area contributed by atoms with Gasteiger partial charge in [-0.2, -0.15) is 4.98 Å². The fourth-order valence-corrected chi connectivity index (χ4v) is 2.94. The third-order valence-corrected chi connectivity index (χ3v) is 4.68. The van der Waals surface area contributed by atoms with Gasteiger partial charge in [-0.15, -0.1) is 0 Å². The molecule has 0 saturated heterocycles. The van der Waals surface area contributed by atoms with E-state index in [1.807, 2.05) is 9.24 Å². The first-order valence-electron chi connectivity index (χ1n) is 9.40. The summed E-state index contributed by atoms with van der Waals surface area (Å²) in [4.78, 5) is 61.2. The minimum absolute atomic E-state index is 0.000780. The monoisotopic (exact) mass is 457 g/mol. The van der Waals surface area contributed by atoms with Gasteiger partial charge in [-0.1, -0.05) is 9.24 Å². The first-order chi connectivity index (χ1) is 15.2. The molecular formula is C19H20N7O5P. The van der Waals surface area contributed by atoms with E-state index in [0.29, 0.717) is 11.4 Å². The minimum Gasteiger partial charge on any atom is -0.480 e. The highest BCUT2D eigenvalue weighted by Gasteiger charge is 2.21. The van der Waals surface area contributed by atoms with E-state index in [1.165, 1.54) is 18.3 Å². The van der Waals surface area contributed by atoms with Crippen molar-refractivity contribution in [2.75, 3.05) is 11.1 Å². The van der Waals surface area contributed by atoms with E-state index in [0.717, 1.165) is 0 Å². The van der Waals surface area contributed by atoms with Crippen LogP contribution >= 0.6 is 9.24 Å². The van der Waals surface area contributed by atoms with Crippen LogP contribution in [0.5, 0.6) is 0 Å². The molecule has 6 N–H and O–H groups in total. The summed E-state index contributed by atoms with van der Waals surface area (Å²) in [5.41, 5.74) is 6.39. The molecular weight excluding hydrogens is 437 g/mol. The number of rotatable bonds is 9. The van der Waals surface area contributed by atoms with E-state index in [-0.39, 0.29) is 47.6 Å². The summed E-state index contributed by atoms with van der Waals surface area (Å²) in [5.74, 6) is -1.82. The van der Waals surface area contributed by atoms with Crippen LogP contribution in [-0.2, 0) is 16.1 Å². The second-order valence-corrected chi connectivity index (χ2v) is 7.43. The highest BCUT2D eigenvalue weighted by Crippen LogP contribution is 2.12. The van der Waals surface area contributed by atoms with E-state index in [1.54, 1.807) is 12.1 Å². The molecule has 0 fully saturated rings. The number of carboxylic acid groups (broad SMARTS) is 1. The molecule has 0 aliphatic carbocycles. The molecule has 0 saturated carbocycles. The van der Waals surface area contributed by atoms with Gasteiger partial charge in [-0.3, -0.25) is 19.4 Å². The van der Waals surface area contributed by atoms with Gasteiger partial charge in [0.25, 0.3) is 11.5 Å². The Labute approximate surface area is 183 Å². The molecule has 1 aromatic carbocycles. The summed E-state index contributed by atoms with van der Waals surface area (Å²) in [7, 11) is 1.97. The lowest BCUT2D eigenvalue weighted by molar-refractivity contribution is -0.139. The first kappa shape index (κ1) is 22.8. The van der Waals surface area contributed by atoms with Crippen LogP contribution in [0.4, 0.5) is 11.6 Å².